The van der Waals surface area contributed by atoms with E-state index in [1.54, 1.807) is 0 Å². The summed E-state index contributed by atoms with van der Waals surface area (Å²) in [7, 11) is 0. The van der Waals surface area contributed by atoms with Gasteiger partial charge in [0.25, 0.3) is 0 Å². The maximum atomic E-state index is 6.19. The van der Waals surface area contributed by atoms with E-state index in [9.17, 15) is 0 Å². The van der Waals surface area contributed by atoms with Gasteiger partial charge in [-0.1, -0.05) is 121 Å². The number of fused-ring (bicyclic) bond motifs is 4. The Balaban J connectivity index is 1.38. The summed E-state index contributed by atoms with van der Waals surface area (Å²) < 4.78 is 6.19. The quantitative estimate of drug-likeness (QED) is 0.217. The SMILES string of the molecule is c1ccc(-c2ccc(N(c3ccc4oc5ccccc5c4c3)c3cccc4cccc(-c5ccccc5)c34)cc2)cc1. The van der Waals surface area contributed by atoms with Gasteiger partial charge in [0.15, 0.2) is 0 Å². The molecule has 198 valence electrons. The first-order valence-corrected chi connectivity index (χ1v) is 14.3. The van der Waals surface area contributed by atoms with Gasteiger partial charge in [-0.3, -0.25) is 0 Å². The number of hydrogen-bond acceptors (Lipinski definition) is 2. The van der Waals surface area contributed by atoms with Crippen LogP contribution in [0.3, 0.4) is 0 Å². The molecule has 1 aromatic heterocycles. The van der Waals surface area contributed by atoms with Gasteiger partial charge >= 0.3 is 0 Å². The summed E-state index contributed by atoms with van der Waals surface area (Å²) in [6, 6.07) is 58.0. The van der Waals surface area contributed by atoms with Crippen LogP contribution < -0.4 is 4.90 Å². The van der Waals surface area contributed by atoms with Crippen molar-refractivity contribution in [3.8, 4) is 22.3 Å². The summed E-state index contributed by atoms with van der Waals surface area (Å²) in [5, 5.41) is 4.65. The van der Waals surface area contributed by atoms with E-state index in [2.05, 4.69) is 157 Å². The lowest BCUT2D eigenvalue weighted by molar-refractivity contribution is 0.669. The van der Waals surface area contributed by atoms with Gasteiger partial charge in [-0.15, -0.1) is 0 Å². The third kappa shape index (κ3) is 4.13. The van der Waals surface area contributed by atoms with E-state index < -0.39 is 0 Å². The normalized spacial score (nSPS) is 11.3. The summed E-state index contributed by atoms with van der Waals surface area (Å²) >= 11 is 0. The van der Waals surface area contributed by atoms with E-state index in [-0.39, 0.29) is 0 Å². The Hall–Kier alpha value is -5.60. The van der Waals surface area contributed by atoms with Gasteiger partial charge in [0.1, 0.15) is 11.2 Å². The van der Waals surface area contributed by atoms with Crippen molar-refractivity contribution < 1.29 is 4.42 Å². The Morgan fingerprint density at radius 3 is 1.81 bits per heavy atom. The van der Waals surface area contributed by atoms with Crippen LogP contribution in [0.1, 0.15) is 0 Å². The second-order valence-corrected chi connectivity index (χ2v) is 10.6. The van der Waals surface area contributed by atoms with E-state index in [1.165, 1.54) is 33.0 Å². The molecule has 8 aromatic rings. The van der Waals surface area contributed by atoms with Gasteiger partial charge in [0, 0.05) is 27.5 Å². The molecule has 0 saturated carbocycles. The van der Waals surface area contributed by atoms with Crippen LogP contribution in [-0.2, 0) is 0 Å². The molecule has 2 heteroatoms. The van der Waals surface area contributed by atoms with Crippen LogP contribution in [0.4, 0.5) is 17.1 Å². The molecule has 0 N–H and O–H groups in total. The monoisotopic (exact) mass is 537 g/mol. The third-order valence-corrected chi connectivity index (χ3v) is 8.06. The van der Waals surface area contributed by atoms with Crippen molar-refractivity contribution in [1.82, 2.24) is 0 Å². The van der Waals surface area contributed by atoms with E-state index >= 15 is 0 Å². The van der Waals surface area contributed by atoms with Gasteiger partial charge in [-0.2, -0.15) is 0 Å². The number of para-hydroxylation sites is 1. The molecular weight excluding hydrogens is 510 g/mol. The fraction of sp³-hybridized carbons (Fsp3) is 0. The van der Waals surface area contributed by atoms with Gasteiger partial charge in [0.05, 0.1) is 5.69 Å². The molecule has 0 unspecified atom stereocenters. The van der Waals surface area contributed by atoms with Gasteiger partial charge in [-0.05, 0) is 70.1 Å². The minimum absolute atomic E-state index is 0.891. The lowest BCUT2D eigenvalue weighted by Crippen LogP contribution is -2.10. The number of hydrogen-bond donors (Lipinski definition) is 0. The number of nitrogens with zero attached hydrogens (tertiary/aromatic N) is 1. The number of benzene rings is 7. The maximum Gasteiger partial charge on any atom is 0.135 e. The standard InChI is InChI=1S/C40H27NO/c1-3-11-28(12-4-1)29-21-23-32(24-22-29)41(33-25-26-39-36(27-33)35-17-7-8-20-38(35)42-39)37-19-10-16-31-15-9-18-34(40(31)37)30-13-5-2-6-14-30/h1-27H. The molecule has 7 aromatic carbocycles. The van der Waals surface area contributed by atoms with Crippen molar-refractivity contribution in [2.24, 2.45) is 0 Å². The predicted octanol–water partition coefficient (Wildman–Crippen LogP) is 11.5. The second-order valence-electron chi connectivity index (χ2n) is 10.6. The Morgan fingerprint density at radius 2 is 1.02 bits per heavy atom. The fourth-order valence-electron chi connectivity index (χ4n) is 6.08. The molecule has 0 fully saturated rings. The minimum Gasteiger partial charge on any atom is -0.456 e. The smallest absolute Gasteiger partial charge is 0.135 e. The zero-order valence-corrected chi connectivity index (χ0v) is 22.9. The average molecular weight is 538 g/mol. The highest BCUT2D eigenvalue weighted by atomic mass is 16.3. The topological polar surface area (TPSA) is 16.4 Å². The largest absolute Gasteiger partial charge is 0.456 e. The number of anilines is 3. The molecule has 0 bridgehead atoms. The molecule has 2 nitrogen and oxygen atoms in total. The lowest BCUT2D eigenvalue weighted by atomic mass is 9.96. The molecule has 0 amide bonds. The number of rotatable bonds is 5. The Kier molecular flexibility index (Phi) is 5.82. The van der Waals surface area contributed by atoms with Gasteiger partial charge in [0.2, 0.25) is 0 Å². The van der Waals surface area contributed by atoms with Crippen molar-refractivity contribution in [2.75, 3.05) is 4.90 Å². The Labute approximate surface area is 244 Å². The molecule has 0 radical (unpaired) electrons. The average Bonchev–Trinajstić information content (AvgIpc) is 3.44. The van der Waals surface area contributed by atoms with E-state index in [0.29, 0.717) is 0 Å². The summed E-state index contributed by atoms with van der Waals surface area (Å²) in [6.45, 7) is 0. The summed E-state index contributed by atoms with van der Waals surface area (Å²) in [5.41, 5.74) is 9.91. The van der Waals surface area contributed by atoms with Crippen molar-refractivity contribution in [3.63, 3.8) is 0 Å². The van der Waals surface area contributed by atoms with Crippen LogP contribution >= 0.6 is 0 Å². The van der Waals surface area contributed by atoms with Crippen LogP contribution in [0.5, 0.6) is 0 Å². The molecule has 0 spiro atoms. The highest BCUT2D eigenvalue weighted by molar-refractivity contribution is 6.10. The maximum absolute atomic E-state index is 6.19. The highest BCUT2D eigenvalue weighted by Crippen LogP contribution is 2.44. The minimum atomic E-state index is 0.891. The zero-order chi connectivity index (χ0) is 27.9. The molecule has 0 atom stereocenters. The van der Waals surface area contributed by atoms with Crippen molar-refractivity contribution in [3.05, 3.63) is 164 Å². The predicted molar refractivity (Wildman–Crippen MR) is 177 cm³/mol. The van der Waals surface area contributed by atoms with Crippen LogP contribution in [0.15, 0.2) is 168 Å². The molecule has 0 aliphatic rings. The summed E-state index contributed by atoms with van der Waals surface area (Å²) in [5.74, 6) is 0. The van der Waals surface area contributed by atoms with Crippen LogP contribution in [0.2, 0.25) is 0 Å². The Bertz CT molecular complexity index is 2170. The van der Waals surface area contributed by atoms with Crippen molar-refractivity contribution >= 4 is 49.8 Å². The first-order chi connectivity index (χ1) is 20.8. The molecule has 42 heavy (non-hydrogen) atoms. The molecule has 0 saturated heterocycles. The van der Waals surface area contributed by atoms with Gasteiger partial charge in [-0.25, -0.2) is 0 Å². The first-order valence-electron chi connectivity index (χ1n) is 14.3. The van der Waals surface area contributed by atoms with Crippen molar-refractivity contribution in [2.45, 2.75) is 0 Å². The van der Waals surface area contributed by atoms with E-state index in [1.807, 2.05) is 12.1 Å². The summed E-state index contributed by atoms with van der Waals surface area (Å²) in [4.78, 5) is 2.38. The Morgan fingerprint density at radius 1 is 0.405 bits per heavy atom. The van der Waals surface area contributed by atoms with E-state index in [0.717, 1.165) is 39.0 Å². The third-order valence-electron chi connectivity index (χ3n) is 8.06. The highest BCUT2D eigenvalue weighted by Gasteiger charge is 2.19. The molecule has 8 rings (SSSR count). The molecule has 1 heterocycles. The van der Waals surface area contributed by atoms with Crippen LogP contribution in [0.25, 0.3) is 55.0 Å². The first kappa shape index (κ1) is 24.2. The second kappa shape index (κ2) is 10.1. The number of furan rings is 1. The van der Waals surface area contributed by atoms with Crippen molar-refractivity contribution in [1.29, 1.82) is 0 Å². The van der Waals surface area contributed by atoms with Crippen LogP contribution in [-0.4, -0.2) is 0 Å². The van der Waals surface area contributed by atoms with Crippen LogP contribution in [0, 0.1) is 0 Å². The lowest BCUT2D eigenvalue weighted by Gasteiger charge is -2.28. The molecule has 0 aliphatic carbocycles. The zero-order valence-electron chi connectivity index (χ0n) is 22.9. The summed E-state index contributed by atoms with van der Waals surface area (Å²) in [6.07, 6.45) is 0. The molecule has 0 aliphatic heterocycles. The van der Waals surface area contributed by atoms with E-state index in [4.69, 9.17) is 4.42 Å². The fourth-order valence-corrected chi connectivity index (χ4v) is 6.08. The van der Waals surface area contributed by atoms with Gasteiger partial charge < -0.3 is 9.32 Å². The molecular formula is C40H27NO.